The molecule has 1 unspecified atom stereocenters. The van der Waals surface area contributed by atoms with Gasteiger partial charge in [-0.05, 0) is 68.9 Å². The van der Waals surface area contributed by atoms with Gasteiger partial charge in [-0.2, -0.15) is 0 Å². The van der Waals surface area contributed by atoms with Crippen LogP contribution in [-0.4, -0.2) is 48.9 Å². The Morgan fingerprint density at radius 2 is 1.79 bits per heavy atom. The highest BCUT2D eigenvalue weighted by Gasteiger charge is 2.24. The number of likely N-dealkylation sites (tertiary alicyclic amines) is 1. The van der Waals surface area contributed by atoms with Crippen molar-refractivity contribution in [3.05, 3.63) is 59.7 Å². The number of nitrogens with one attached hydrogen (secondary N) is 2. The minimum Gasteiger partial charge on any atom is -0.484 e. The molecule has 1 heterocycles. The van der Waals surface area contributed by atoms with Crippen molar-refractivity contribution in [1.82, 2.24) is 10.2 Å². The molecule has 1 fully saturated rings. The van der Waals surface area contributed by atoms with E-state index >= 15 is 0 Å². The predicted molar refractivity (Wildman–Crippen MR) is 128 cm³/mol. The Balaban J connectivity index is 1.39. The van der Waals surface area contributed by atoms with Crippen LogP contribution in [0.15, 0.2) is 48.5 Å². The van der Waals surface area contributed by atoms with E-state index in [-0.39, 0.29) is 30.2 Å². The summed E-state index contributed by atoms with van der Waals surface area (Å²) in [5.41, 5.74) is 2.96. The smallest absolute Gasteiger partial charge is 0.319 e. The fourth-order valence-electron chi connectivity index (χ4n) is 3.82. The normalized spacial score (nSPS) is 15.6. The lowest BCUT2D eigenvalue weighted by atomic mass is 9.98. The summed E-state index contributed by atoms with van der Waals surface area (Å²) in [5, 5.41) is 5.75. The average molecular weight is 452 g/mol. The number of benzene rings is 2. The number of anilines is 1. The zero-order valence-corrected chi connectivity index (χ0v) is 19.4. The number of rotatable bonds is 9. The van der Waals surface area contributed by atoms with E-state index in [1.807, 2.05) is 60.4 Å². The molecule has 3 rings (SSSR count). The van der Waals surface area contributed by atoms with Crippen molar-refractivity contribution in [3.8, 4) is 5.75 Å². The molecular weight excluding hydrogens is 418 g/mol. The van der Waals surface area contributed by atoms with Gasteiger partial charge in [0.25, 0.3) is 5.91 Å². The van der Waals surface area contributed by atoms with Gasteiger partial charge in [-0.15, -0.1) is 0 Å². The second-order valence-electron chi connectivity index (χ2n) is 8.68. The summed E-state index contributed by atoms with van der Waals surface area (Å²) in [6, 6.07) is 14.9. The van der Waals surface area contributed by atoms with Crippen molar-refractivity contribution < 1.29 is 19.1 Å². The lowest BCUT2D eigenvalue weighted by Gasteiger charge is -2.32. The quantitative estimate of drug-likeness (QED) is 0.604. The molecule has 1 saturated heterocycles. The van der Waals surface area contributed by atoms with E-state index in [2.05, 4.69) is 10.6 Å². The van der Waals surface area contributed by atoms with Crippen LogP contribution < -0.4 is 15.4 Å². The molecule has 7 nitrogen and oxygen atoms in total. The molecule has 0 aliphatic carbocycles. The van der Waals surface area contributed by atoms with E-state index in [9.17, 15) is 14.4 Å². The molecule has 7 heteroatoms. The number of nitrogens with zero attached hydrogens (tertiary/aromatic N) is 1. The monoisotopic (exact) mass is 451 g/mol. The van der Waals surface area contributed by atoms with Crippen LogP contribution in [0.5, 0.6) is 5.75 Å². The maximum atomic E-state index is 12.6. The highest BCUT2D eigenvalue weighted by Crippen LogP contribution is 2.18. The Morgan fingerprint density at radius 3 is 2.48 bits per heavy atom. The highest BCUT2D eigenvalue weighted by molar-refractivity contribution is 5.89. The maximum Gasteiger partial charge on any atom is 0.319 e. The van der Waals surface area contributed by atoms with E-state index in [0.717, 1.165) is 29.7 Å². The number of carbonyl (C=O) groups is 3. The number of urea groups is 1. The molecular formula is C26H33N3O4. The molecule has 2 N–H and O–H groups in total. The third-order valence-electron chi connectivity index (χ3n) is 5.78. The van der Waals surface area contributed by atoms with Crippen LogP contribution >= 0.6 is 0 Å². The Bertz CT molecular complexity index is 941. The van der Waals surface area contributed by atoms with Gasteiger partial charge in [-0.3, -0.25) is 4.79 Å². The topological polar surface area (TPSA) is 87.7 Å². The summed E-state index contributed by atoms with van der Waals surface area (Å²) in [4.78, 5) is 37.7. The molecule has 0 aromatic heterocycles. The number of amides is 3. The Hall–Kier alpha value is -3.35. The Morgan fingerprint density at radius 1 is 1.06 bits per heavy atom. The van der Waals surface area contributed by atoms with E-state index < -0.39 is 0 Å². The van der Waals surface area contributed by atoms with Crippen molar-refractivity contribution in [2.45, 2.75) is 39.5 Å². The predicted octanol–water partition coefficient (Wildman–Crippen LogP) is 3.96. The number of carbonyl (C=O) groups excluding carboxylic acids is 3. The molecule has 176 valence electrons. The van der Waals surface area contributed by atoms with Gasteiger partial charge < -0.3 is 25.1 Å². The first kappa shape index (κ1) is 24.3. The summed E-state index contributed by atoms with van der Waals surface area (Å²) >= 11 is 0. The van der Waals surface area contributed by atoms with Gasteiger partial charge in [0, 0.05) is 31.7 Å². The minimum absolute atomic E-state index is 0.0130. The number of hydrogen-bond acceptors (Lipinski definition) is 4. The van der Waals surface area contributed by atoms with Crippen molar-refractivity contribution in [3.63, 3.8) is 0 Å². The van der Waals surface area contributed by atoms with Gasteiger partial charge in [-0.25, -0.2) is 4.79 Å². The first-order chi connectivity index (χ1) is 15.9. The average Bonchev–Trinajstić information content (AvgIpc) is 2.82. The van der Waals surface area contributed by atoms with Crippen LogP contribution in [0.2, 0.25) is 0 Å². The number of aryl methyl sites for hydroxylation is 2. The van der Waals surface area contributed by atoms with Crippen LogP contribution in [-0.2, 0) is 16.0 Å². The Labute approximate surface area is 195 Å². The van der Waals surface area contributed by atoms with Crippen molar-refractivity contribution in [2.24, 2.45) is 5.92 Å². The van der Waals surface area contributed by atoms with Gasteiger partial charge in [-0.1, -0.05) is 29.8 Å². The SMILES string of the molecule is CC(=O)CCc1ccc(OCC(=O)N2CCCC(CNC(=O)Nc3ccc(C)cc3)C2)cc1. The van der Waals surface area contributed by atoms with E-state index in [1.165, 1.54) is 0 Å². The van der Waals surface area contributed by atoms with Crippen LogP contribution in [0, 0.1) is 12.8 Å². The molecule has 0 bridgehead atoms. The standard InChI is InChI=1S/C26H33N3O4/c1-19-5-11-23(12-6-19)28-26(32)27-16-22-4-3-15-29(17-22)25(31)18-33-24-13-9-21(10-14-24)8-7-20(2)30/h5-6,9-14,22H,3-4,7-8,15-18H2,1-2H3,(H2,27,28,32). The third kappa shape index (κ3) is 8.25. The Kier molecular flexibility index (Phi) is 8.87. The number of ether oxygens (including phenoxy) is 1. The van der Waals surface area contributed by atoms with Crippen molar-refractivity contribution in [1.29, 1.82) is 0 Å². The van der Waals surface area contributed by atoms with E-state index in [4.69, 9.17) is 4.74 Å². The first-order valence-electron chi connectivity index (χ1n) is 11.5. The molecule has 2 aromatic rings. The number of piperidine rings is 1. The summed E-state index contributed by atoms with van der Waals surface area (Å²) in [6.45, 7) is 5.41. The summed E-state index contributed by atoms with van der Waals surface area (Å²) < 4.78 is 5.67. The van der Waals surface area contributed by atoms with Crippen LogP contribution in [0.1, 0.15) is 37.3 Å². The molecule has 1 aliphatic rings. The van der Waals surface area contributed by atoms with Crippen LogP contribution in [0.4, 0.5) is 10.5 Å². The highest BCUT2D eigenvalue weighted by atomic mass is 16.5. The molecule has 0 saturated carbocycles. The van der Waals surface area contributed by atoms with Crippen molar-refractivity contribution in [2.75, 3.05) is 31.6 Å². The fraction of sp³-hybridized carbons (Fsp3) is 0.423. The number of ketones is 1. The molecule has 3 amide bonds. The van der Waals surface area contributed by atoms with E-state index in [1.54, 1.807) is 6.92 Å². The molecule has 1 atom stereocenters. The largest absolute Gasteiger partial charge is 0.484 e. The molecule has 0 spiro atoms. The third-order valence-corrected chi connectivity index (χ3v) is 5.78. The number of Topliss-reactive ketones (excluding diaryl/α,β-unsaturated/α-hetero) is 1. The maximum absolute atomic E-state index is 12.6. The molecule has 33 heavy (non-hydrogen) atoms. The zero-order chi connectivity index (χ0) is 23.6. The van der Waals surface area contributed by atoms with Gasteiger partial charge in [0.2, 0.25) is 0 Å². The van der Waals surface area contributed by atoms with Crippen molar-refractivity contribution >= 4 is 23.4 Å². The second kappa shape index (κ2) is 12.0. The second-order valence-corrected chi connectivity index (χ2v) is 8.68. The fourth-order valence-corrected chi connectivity index (χ4v) is 3.82. The zero-order valence-electron chi connectivity index (χ0n) is 19.4. The summed E-state index contributed by atoms with van der Waals surface area (Å²) in [5.74, 6) is 0.970. The summed E-state index contributed by atoms with van der Waals surface area (Å²) in [6.07, 6.45) is 3.11. The lowest BCUT2D eigenvalue weighted by Crippen LogP contribution is -2.45. The van der Waals surface area contributed by atoms with Crippen LogP contribution in [0.25, 0.3) is 0 Å². The van der Waals surface area contributed by atoms with Gasteiger partial charge >= 0.3 is 6.03 Å². The van der Waals surface area contributed by atoms with Gasteiger partial charge in [0.05, 0.1) is 0 Å². The number of hydrogen-bond donors (Lipinski definition) is 2. The minimum atomic E-state index is -0.239. The lowest BCUT2D eigenvalue weighted by molar-refractivity contribution is -0.135. The van der Waals surface area contributed by atoms with Gasteiger partial charge in [0.15, 0.2) is 6.61 Å². The first-order valence-corrected chi connectivity index (χ1v) is 11.5. The molecule has 0 radical (unpaired) electrons. The van der Waals surface area contributed by atoms with Crippen LogP contribution in [0.3, 0.4) is 0 Å². The molecule has 2 aromatic carbocycles. The van der Waals surface area contributed by atoms with E-state index in [0.29, 0.717) is 38.2 Å². The summed E-state index contributed by atoms with van der Waals surface area (Å²) in [7, 11) is 0. The van der Waals surface area contributed by atoms with Gasteiger partial charge in [0.1, 0.15) is 11.5 Å². The molecule has 1 aliphatic heterocycles.